The molecule has 1 aromatic carbocycles. The molecule has 0 saturated heterocycles. The van der Waals surface area contributed by atoms with Crippen molar-refractivity contribution in [2.45, 2.75) is 134 Å². The van der Waals surface area contributed by atoms with Gasteiger partial charge in [-0.3, -0.25) is 0 Å². The molecule has 0 aromatic heterocycles. The molecule has 0 aliphatic carbocycles. The Bertz CT molecular complexity index is 1050. The standard InChI is InChI=1S/C34H54O7S.Na/c1-3-5-7-9-11-13-15-17-19-21-23-27-40-33(35)31-26-25-30(42(37,38)39)29-32(31)34(36)41-28-24-22-20-18-16-14-12-10-8-6-4-2;/h3-6,25-26,29H,7-24,27-28H2,1-2H3,(H,37,38,39);/q;+1/p-1/b5-3+,6-4+;. The summed E-state index contributed by atoms with van der Waals surface area (Å²) in [4.78, 5) is 24.9. The summed E-state index contributed by atoms with van der Waals surface area (Å²) in [5.41, 5.74) is -0.357. The zero-order chi connectivity index (χ0) is 30.9. The molecule has 0 saturated carbocycles. The van der Waals surface area contributed by atoms with Crippen LogP contribution in [0.3, 0.4) is 0 Å². The first kappa shape index (κ1) is 41.5. The van der Waals surface area contributed by atoms with Gasteiger partial charge in [-0.05, 0) is 70.6 Å². The van der Waals surface area contributed by atoms with Gasteiger partial charge in [0.15, 0.2) is 0 Å². The second-order valence-electron chi connectivity index (χ2n) is 10.8. The summed E-state index contributed by atoms with van der Waals surface area (Å²) < 4.78 is 45.3. The van der Waals surface area contributed by atoms with Gasteiger partial charge in [0.25, 0.3) is 0 Å². The van der Waals surface area contributed by atoms with E-state index in [1.54, 1.807) is 0 Å². The van der Waals surface area contributed by atoms with Crippen molar-refractivity contribution in [3.63, 3.8) is 0 Å². The normalized spacial score (nSPS) is 11.6. The Kier molecular flexibility index (Phi) is 26.0. The van der Waals surface area contributed by atoms with Gasteiger partial charge >= 0.3 is 41.5 Å². The molecule has 0 radical (unpaired) electrons. The molecule has 238 valence electrons. The van der Waals surface area contributed by atoms with Crippen LogP contribution in [-0.2, 0) is 19.6 Å². The molecule has 0 bridgehead atoms. The number of rotatable bonds is 25. The number of esters is 2. The minimum atomic E-state index is -4.80. The topological polar surface area (TPSA) is 110 Å². The van der Waals surface area contributed by atoms with Gasteiger partial charge < -0.3 is 14.0 Å². The van der Waals surface area contributed by atoms with Gasteiger partial charge in [0.2, 0.25) is 0 Å². The van der Waals surface area contributed by atoms with Crippen molar-refractivity contribution in [1.82, 2.24) is 0 Å². The fourth-order valence-corrected chi connectivity index (χ4v) is 5.19. The van der Waals surface area contributed by atoms with E-state index in [2.05, 4.69) is 24.3 Å². The first-order valence-corrected chi connectivity index (χ1v) is 17.4. The monoisotopic (exact) mass is 628 g/mol. The van der Waals surface area contributed by atoms with Crippen LogP contribution in [0.2, 0.25) is 0 Å². The average molecular weight is 629 g/mol. The number of hydrogen-bond acceptors (Lipinski definition) is 7. The molecule has 0 N–H and O–H groups in total. The van der Waals surface area contributed by atoms with E-state index in [4.69, 9.17) is 9.47 Å². The second-order valence-corrected chi connectivity index (χ2v) is 12.2. The molecular weight excluding hydrogens is 575 g/mol. The van der Waals surface area contributed by atoms with Gasteiger partial charge in [0.1, 0.15) is 10.1 Å². The van der Waals surface area contributed by atoms with Crippen molar-refractivity contribution in [2.75, 3.05) is 13.2 Å². The molecule has 0 heterocycles. The summed E-state index contributed by atoms with van der Waals surface area (Å²) in [5, 5.41) is 0. The van der Waals surface area contributed by atoms with Gasteiger partial charge in [0, 0.05) is 0 Å². The van der Waals surface area contributed by atoms with Crippen LogP contribution in [-0.4, -0.2) is 38.1 Å². The Morgan fingerprint density at radius 3 is 1.40 bits per heavy atom. The number of carbonyl (C=O) groups excluding carboxylic acids is 2. The van der Waals surface area contributed by atoms with E-state index >= 15 is 0 Å². The fraction of sp³-hybridized carbons (Fsp3) is 0.647. The third-order valence-electron chi connectivity index (χ3n) is 7.19. The molecule has 9 heteroatoms. The molecule has 0 atom stereocenters. The van der Waals surface area contributed by atoms with Crippen LogP contribution < -0.4 is 29.6 Å². The third kappa shape index (κ3) is 21.0. The fourth-order valence-electron chi connectivity index (χ4n) is 4.69. The Morgan fingerprint density at radius 2 is 1.00 bits per heavy atom. The Balaban J connectivity index is 0.0000176. The quantitative estimate of drug-likeness (QED) is 0.0424. The van der Waals surface area contributed by atoms with E-state index in [1.807, 2.05) is 13.8 Å². The molecule has 0 spiro atoms. The van der Waals surface area contributed by atoms with E-state index in [0.29, 0.717) is 12.8 Å². The van der Waals surface area contributed by atoms with Crippen LogP contribution in [0.1, 0.15) is 150 Å². The molecule has 1 aromatic rings. The van der Waals surface area contributed by atoms with E-state index < -0.39 is 27.0 Å². The summed E-state index contributed by atoms with van der Waals surface area (Å²) in [7, 11) is -4.80. The molecule has 1 rings (SSSR count). The number of carbonyl (C=O) groups is 2. The van der Waals surface area contributed by atoms with Crippen molar-refractivity contribution < 1.29 is 61.6 Å². The number of benzene rings is 1. The van der Waals surface area contributed by atoms with Crippen molar-refractivity contribution in [1.29, 1.82) is 0 Å². The van der Waals surface area contributed by atoms with Crippen LogP contribution in [0.5, 0.6) is 0 Å². The third-order valence-corrected chi connectivity index (χ3v) is 8.02. The molecule has 0 aliphatic rings. The smallest absolute Gasteiger partial charge is 0.744 e. The molecule has 0 amide bonds. The Morgan fingerprint density at radius 1 is 0.628 bits per heavy atom. The van der Waals surface area contributed by atoms with Crippen LogP contribution in [0.15, 0.2) is 47.4 Å². The Hall–Kier alpha value is -1.45. The van der Waals surface area contributed by atoms with Gasteiger partial charge in [-0.15, -0.1) is 0 Å². The molecule has 43 heavy (non-hydrogen) atoms. The second kappa shape index (κ2) is 26.9. The van der Waals surface area contributed by atoms with Crippen molar-refractivity contribution >= 4 is 22.1 Å². The summed E-state index contributed by atoms with van der Waals surface area (Å²) in [6, 6.07) is 3.09. The maximum Gasteiger partial charge on any atom is 1.00 e. The molecule has 0 unspecified atom stereocenters. The predicted molar refractivity (Wildman–Crippen MR) is 168 cm³/mol. The van der Waals surface area contributed by atoms with E-state index in [9.17, 15) is 22.6 Å². The molecule has 7 nitrogen and oxygen atoms in total. The number of allylic oxidation sites excluding steroid dienone is 4. The largest absolute Gasteiger partial charge is 1.00 e. The summed E-state index contributed by atoms with van der Waals surface area (Å²) >= 11 is 0. The average Bonchev–Trinajstić information content (AvgIpc) is 2.97. The van der Waals surface area contributed by atoms with Crippen LogP contribution in [0.25, 0.3) is 0 Å². The van der Waals surface area contributed by atoms with Crippen LogP contribution in [0.4, 0.5) is 0 Å². The molecule has 0 aliphatic heterocycles. The van der Waals surface area contributed by atoms with Crippen molar-refractivity contribution in [3.8, 4) is 0 Å². The van der Waals surface area contributed by atoms with Crippen molar-refractivity contribution in [3.05, 3.63) is 53.6 Å². The predicted octanol–water partition coefficient (Wildman–Crippen LogP) is 6.08. The van der Waals surface area contributed by atoms with Gasteiger partial charge in [-0.25, -0.2) is 18.0 Å². The van der Waals surface area contributed by atoms with Gasteiger partial charge in [0.05, 0.1) is 29.2 Å². The van der Waals surface area contributed by atoms with Gasteiger partial charge in [-0.2, -0.15) is 0 Å². The summed E-state index contributed by atoms with van der Waals surface area (Å²) in [6.07, 6.45) is 28.3. The first-order chi connectivity index (χ1) is 20.3. The maximum absolute atomic E-state index is 12.8. The van der Waals surface area contributed by atoms with E-state index in [-0.39, 0.29) is 53.9 Å². The van der Waals surface area contributed by atoms with Crippen LogP contribution in [0, 0.1) is 0 Å². The maximum atomic E-state index is 12.8. The van der Waals surface area contributed by atoms with E-state index in [1.165, 1.54) is 51.4 Å². The zero-order valence-corrected chi connectivity index (χ0v) is 29.8. The SMILES string of the molecule is C/C=C/CCCCCCCCCCOC(=O)c1ccc(S(=O)(=O)[O-])cc1C(=O)OCCCCCCCCCC/C=C/C.[Na+]. The molecular formula is C34H53NaO7S. The van der Waals surface area contributed by atoms with Gasteiger partial charge in [-0.1, -0.05) is 101 Å². The number of hydrogen-bond donors (Lipinski definition) is 0. The summed E-state index contributed by atoms with van der Waals surface area (Å²) in [6.45, 7) is 4.44. The first-order valence-electron chi connectivity index (χ1n) is 16.0. The van der Waals surface area contributed by atoms with Crippen LogP contribution >= 0.6 is 0 Å². The summed E-state index contributed by atoms with van der Waals surface area (Å²) in [5.74, 6) is -1.57. The molecule has 0 fully saturated rings. The number of unbranched alkanes of at least 4 members (excludes halogenated alkanes) is 16. The zero-order valence-electron chi connectivity index (χ0n) is 26.9. The van der Waals surface area contributed by atoms with Crippen molar-refractivity contribution in [2.24, 2.45) is 0 Å². The Labute approximate surface area is 283 Å². The minimum absolute atomic E-state index is 0. The van der Waals surface area contributed by atoms with E-state index in [0.717, 1.165) is 69.6 Å². The number of ether oxygens (including phenoxy) is 2. The minimum Gasteiger partial charge on any atom is -0.744 e.